The van der Waals surface area contributed by atoms with Crippen molar-refractivity contribution in [2.45, 2.75) is 17.5 Å². The lowest BCUT2D eigenvalue weighted by atomic mass is 10.2. The normalized spacial score (nSPS) is 12.9. The number of nitrogens with one attached hydrogen (secondary N) is 1. The van der Waals surface area contributed by atoms with Gasteiger partial charge < -0.3 is 4.74 Å². The van der Waals surface area contributed by atoms with Gasteiger partial charge in [-0.15, -0.1) is 0 Å². The second-order valence-electron chi connectivity index (χ2n) is 4.63. The quantitative estimate of drug-likeness (QED) is 0.845. The molecule has 0 aliphatic carbocycles. The van der Waals surface area contributed by atoms with Crippen LogP contribution in [-0.4, -0.2) is 33.2 Å². The second kappa shape index (κ2) is 6.95. The number of halogens is 3. The first-order valence-electron chi connectivity index (χ1n) is 6.49. The Morgan fingerprint density at radius 3 is 2.52 bits per heavy atom. The first-order valence-corrected chi connectivity index (χ1v) is 8.05. The van der Waals surface area contributed by atoms with Gasteiger partial charge in [0.05, 0.1) is 18.4 Å². The summed E-state index contributed by atoms with van der Waals surface area (Å²) in [5.41, 5.74) is -0.771. The number of carbonyl (C=O) groups is 1. The highest BCUT2D eigenvalue weighted by Crippen LogP contribution is 2.30. The van der Waals surface area contributed by atoms with Crippen LogP contribution in [0.5, 0.6) is 0 Å². The van der Waals surface area contributed by atoms with Crippen molar-refractivity contribution in [2.75, 3.05) is 12.9 Å². The van der Waals surface area contributed by atoms with Crippen molar-refractivity contribution in [3.05, 3.63) is 47.3 Å². The number of ether oxygens (including phenoxy) is 1. The molecule has 1 atom stereocenters. The van der Waals surface area contributed by atoms with Crippen LogP contribution in [0.15, 0.2) is 35.4 Å². The Balaban J connectivity index is 1.93. The van der Waals surface area contributed by atoms with Crippen LogP contribution in [0.25, 0.3) is 0 Å². The number of carbonyl (C=O) groups excluding carboxylic acids is 1. The van der Waals surface area contributed by atoms with E-state index in [2.05, 4.69) is 5.10 Å². The molecule has 0 saturated heterocycles. The van der Waals surface area contributed by atoms with Gasteiger partial charge in [0.2, 0.25) is 0 Å². The van der Waals surface area contributed by atoms with Crippen LogP contribution >= 0.6 is 0 Å². The van der Waals surface area contributed by atoms with Crippen LogP contribution in [0.4, 0.5) is 13.2 Å². The third kappa shape index (κ3) is 4.41. The van der Waals surface area contributed by atoms with Crippen molar-refractivity contribution < 1.29 is 26.9 Å². The van der Waals surface area contributed by atoms with E-state index >= 15 is 0 Å². The Kier molecular flexibility index (Phi) is 5.19. The molecule has 1 N–H and O–H groups in total. The minimum absolute atomic E-state index is 0.0676. The lowest BCUT2D eigenvalue weighted by Gasteiger charge is -2.08. The Morgan fingerprint density at radius 2 is 1.96 bits per heavy atom. The first kappa shape index (κ1) is 17.2. The summed E-state index contributed by atoms with van der Waals surface area (Å²) in [5, 5.41) is 5.24. The number of rotatable bonds is 5. The highest BCUT2D eigenvalue weighted by molar-refractivity contribution is 7.84. The molecule has 0 spiro atoms. The average molecular weight is 346 g/mol. The van der Waals surface area contributed by atoms with Crippen LogP contribution in [0.2, 0.25) is 0 Å². The molecule has 0 radical (unpaired) electrons. The molecule has 0 fully saturated rings. The Bertz CT molecular complexity index is 711. The maximum Gasteiger partial charge on any atom is 0.433 e. The summed E-state index contributed by atoms with van der Waals surface area (Å²) in [7, 11) is -1.16. The summed E-state index contributed by atoms with van der Waals surface area (Å²) < 4.78 is 54.1. The van der Waals surface area contributed by atoms with E-state index in [1.807, 2.05) is 5.10 Å². The van der Waals surface area contributed by atoms with Gasteiger partial charge in [-0.25, -0.2) is 4.79 Å². The van der Waals surface area contributed by atoms with Gasteiger partial charge in [-0.3, -0.25) is 9.31 Å². The number of hydrogen-bond donors (Lipinski definition) is 1. The molecule has 1 aromatic carbocycles. The van der Waals surface area contributed by atoms with Crippen LogP contribution in [0.1, 0.15) is 21.6 Å². The number of hydrogen-bond acceptors (Lipinski definition) is 4. The van der Waals surface area contributed by atoms with E-state index < -0.39 is 28.6 Å². The molecule has 0 aliphatic heterocycles. The summed E-state index contributed by atoms with van der Waals surface area (Å²) in [6.07, 6.45) is -2.06. The standard InChI is InChI=1S/C14H13F3N2O3S/c1-23(21)11-4-2-9(3-5-11)13(20)22-7-6-10-8-18-19-12(10)14(15,16)17/h2-5,8H,6-7H2,1H3,(H,18,19). The zero-order chi connectivity index (χ0) is 17.0. The van der Waals surface area contributed by atoms with Gasteiger partial charge in [-0.1, -0.05) is 0 Å². The largest absolute Gasteiger partial charge is 0.462 e. The second-order valence-corrected chi connectivity index (χ2v) is 6.01. The minimum Gasteiger partial charge on any atom is -0.462 e. The maximum atomic E-state index is 12.6. The van der Waals surface area contributed by atoms with Crippen LogP contribution in [-0.2, 0) is 28.1 Å². The molecule has 1 aromatic heterocycles. The third-order valence-electron chi connectivity index (χ3n) is 3.03. The van der Waals surface area contributed by atoms with Crippen LogP contribution in [0, 0.1) is 0 Å². The summed E-state index contributed by atoms with van der Waals surface area (Å²) >= 11 is 0. The summed E-state index contributed by atoms with van der Waals surface area (Å²) in [6, 6.07) is 5.98. The van der Waals surface area contributed by atoms with Crippen molar-refractivity contribution in [1.29, 1.82) is 0 Å². The number of alkyl halides is 3. The molecule has 2 aromatic rings. The number of nitrogens with zero attached hydrogens (tertiary/aromatic N) is 1. The molecule has 9 heteroatoms. The maximum absolute atomic E-state index is 12.6. The molecule has 1 heterocycles. The molecule has 2 rings (SSSR count). The monoisotopic (exact) mass is 346 g/mol. The van der Waals surface area contributed by atoms with Gasteiger partial charge >= 0.3 is 12.1 Å². The Labute approximate surface area is 132 Å². The first-order chi connectivity index (χ1) is 10.8. The van der Waals surface area contributed by atoms with Gasteiger partial charge in [0, 0.05) is 33.9 Å². The molecular weight excluding hydrogens is 333 g/mol. The number of aromatic nitrogens is 2. The Morgan fingerprint density at radius 1 is 1.30 bits per heavy atom. The number of esters is 1. The molecule has 0 bridgehead atoms. The van der Waals surface area contributed by atoms with Gasteiger partial charge in [-0.05, 0) is 24.3 Å². The molecule has 124 valence electrons. The number of H-pyrrole nitrogens is 1. The zero-order valence-corrected chi connectivity index (χ0v) is 12.8. The SMILES string of the molecule is CS(=O)c1ccc(C(=O)OCCc2cn[nH]c2C(F)(F)F)cc1. The van der Waals surface area contributed by atoms with Gasteiger partial charge in [0.25, 0.3) is 0 Å². The van der Waals surface area contributed by atoms with Gasteiger partial charge in [0.1, 0.15) is 5.69 Å². The lowest BCUT2D eigenvalue weighted by molar-refractivity contribution is -0.141. The lowest BCUT2D eigenvalue weighted by Crippen LogP contribution is -2.12. The molecule has 0 amide bonds. The van der Waals surface area contributed by atoms with Crippen molar-refractivity contribution in [2.24, 2.45) is 0 Å². The third-order valence-corrected chi connectivity index (χ3v) is 3.96. The van der Waals surface area contributed by atoms with Gasteiger partial charge in [0.15, 0.2) is 0 Å². The van der Waals surface area contributed by atoms with E-state index in [1.54, 1.807) is 0 Å². The highest BCUT2D eigenvalue weighted by atomic mass is 32.2. The predicted octanol–water partition coefficient (Wildman–Crippen LogP) is 2.57. The van der Waals surface area contributed by atoms with Crippen LogP contribution in [0.3, 0.4) is 0 Å². The van der Waals surface area contributed by atoms with E-state index in [0.29, 0.717) is 4.90 Å². The highest BCUT2D eigenvalue weighted by Gasteiger charge is 2.35. The van der Waals surface area contributed by atoms with E-state index in [1.165, 1.54) is 30.5 Å². The molecule has 1 unspecified atom stereocenters. The fourth-order valence-electron chi connectivity index (χ4n) is 1.87. The van der Waals surface area contributed by atoms with E-state index in [-0.39, 0.29) is 24.2 Å². The molecule has 5 nitrogen and oxygen atoms in total. The molecule has 0 aliphatic rings. The van der Waals surface area contributed by atoms with E-state index in [9.17, 15) is 22.2 Å². The van der Waals surface area contributed by atoms with Crippen molar-refractivity contribution in [3.63, 3.8) is 0 Å². The fraction of sp³-hybridized carbons (Fsp3) is 0.286. The zero-order valence-electron chi connectivity index (χ0n) is 12.0. The minimum atomic E-state index is -4.53. The van der Waals surface area contributed by atoms with E-state index in [4.69, 9.17) is 4.74 Å². The van der Waals surface area contributed by atoms with Crippen molar-refractivity contribution >= 4 is 16.8 Å². The number of aromatic amines is 1. The fourth-order valence-corrected chi connectivity index (χ4v) is 2.39. The van der Waals surface area contributed by atoms with Gasteiger partial charge in [-0.2, -0.15) is 18.3 Å². The summed E-state index contributed by atoms with van der Waals surface area (Å²) in [4.78, 5) is 12.4. The molecule has 0 saturated carbocycles. The van der Waals surface area contributed by atoms with Crippen LogP contribution < -0.4 is 0 Å². The summed E-state index contributed by atoms with van der Waals surface area (Å²) in [5.74, 6) is -0.657. The predicted molar refractivity (Wildman–Crippen MR) is 76.4 cm³/mol. The average Bonchev–Trinajstić information content (AvgIpc) is 2.96. The van der Waals surface area contributed by atoms with Crippen molar-refractivity contribution in [3.8, 4) is 0 Å². The summed E-state index contributed by atoms with van der Waals surface area (Å²) in [6.45, 7) is -0.205. The molecule has 23 heavy (non-hydrogen) atoms. The molecular formula is C14H13F3N2O3S. The van der Waals surface area contributed by atoms with E-state index in [0.717, 1.165) is 6.20 Å². The topological polar surface area (TPSA) is 72.1 Å². The number of benzene rings is 1. The Hall–Kier alpha value is -2.16. The smallest absolute Gasteiger partial charge is 0.433 e. The van der Waals surface area contributed by atoms with Crippen molar-refractivity contribution in [1.82, 2.24) is 10.2 Å².